The van der Waals surface area contributed by atoms with Gasteiger partial charge in [0, 0.05) is 20.1 Å². The molecule has 0 saturated carbocycles. The minimum atomic E-state index is -0.993. The molecule has 2 N–H and O–H groups in total. The van der Waals surface area contributed by atoms with Crippen LogP contribution in [0.25, 0.3) is 0 Å². The highest BCUT2D eigenvalue weighted by Gasteiger charge is 2.43. The van der Waals surface area contributed by atoms with Crippen molar-refractivity contribution in [2.45, 2.75) is 12.5 Å². The first-order valence-electron chi connectivity index (χ1n) is 5.88. The van der Waals surface area contributed by atoms with Crippen molar-refractivity contribution in [2.75, 3.05) is 46.9 Å². The van der Waals surface area contributed by atoms with Crippen LogP contribution in [0.3, 0.4) is 0 Å². The van der Waals surface area contributed by atoms with Crippen molar-refractivity contribution in [1.82, 2.24) is 15.1 Å². The Morgan fingerprint density at radius 1 is 1.50 bits per heavy atom. The lowest BCUT2D eigenvalue weighted by Crippen LogP contribution is -2.65. The third-order valence-corrected chi connectivity index (χ3v) is 2.89. The van der Waals surface area contributed by atoms with Gasteiger partial charge >= 0.3 is 12.0 Å². The molecule has 1 rings (SSSR count). The Morgan fingerprint density at radius 2 is 2.11 bits per heavy atom. The van der Waals surface area contributed by atoms with Crippen LogP contribution in [0.2, 0.25) is 0 Å². The van der Waals surface area contributed by atoms with E-state index in [1.54, 1.807) is 16.8 Å². The van der Waals surface area contributed by atoms with Crippen molar-refractivity contribution in [2.24, 2.45) is 0 Å². The summed E-state index contributed by atoms with van der Waals surface area (Å²) in [6, 6.07) is -0.0540. The van der Waals surface area contributed by atoms with Gasteiger partial charge in [-0.15, -0.1) is 0 Å². The minimum absolute atomic E-state index is 0.0540. The molecule has 0 unspecified atom stereocenters. The monoisotopic (exact) mass is 259 g/mol. The predicted molar refractivity (Wildman–Crippen MR) is 65.5 cm³/mol. The van der Waals surface area contributed by atoms with Crippen LogP contribution < -0.4 is 5.32 Å². The Morgan fingerprint density at radius 3 is 2.61 bits per heavy atom. The number of carboxylic acid groups (broad SMARTS) is 1. The lowest BCUT2D eigenvalue weighted by atomic mass is 9.97. The molecule has 0 spiro atoms. The molecule has 1 aliphatic heterocycles. The van der Waals surface area contributed by atoms with Crippen LogP contribution in [0, 0.1) is 0 Å². The zero-order valence-electron chi connectivity index (χ0n) is 11.1. The number of amides is 2. The molecule has 1 fully saturated rings. The number of likely N-dealkylation sites (N-methyl/N-ethyl adjacent to an activating group) is 2. The number of nitrogens with one attached hydrogen (secondary N) is 1. The molecule has 0 aromatic rings. The molecule has 0 radical (unpaired) electrons. The molecule has 1 heterocycles. The highest BCUT2D eigenvalue weighted by atomic mass is 16.5. The zero-order valence-corrected chi connectivity index (χ0v) is 11.1. The van der Waals surface area contributed by atoms with Gasteiger partial charge in [-0.1, -0.05) is 0 Å². The van der Waals surface area contributed by atoms with Gasteiger partial charge in [0.05, 0.1) is 13.1 Å². The Kier molecular flexibility index (Phi) is 4.92. The van der Waals surface area contributed by atoms with Crippen LogP contribution in [0.5, 0.6) is 0 Å². The number of aliphatic carboxylic acids is 1. The quantitative estimate of drug-likeness (QED) is 0.668. The lowest BCUT2D eigenvalue weighted by Gasteiger charge is -2.48. The van der Waals surface area contributed by atoms with Crippen LogP contribution in [0.15, 0.2) is 0 Å². The maximum Gasteiger partial charge on any atom is 0.329 e. The summed E-state index contributed by atoms with van der Waals surface area (Å²) in [7, 11) is 3.58. The predicted octanol–water partition coefficient (Wildman–Crippen LogP) is -0.567. The first kappa shape index (κ1) is 14.7. The zero-order chi connectivity index (χ0) is 13.8. The summed E-state index contributed by atoms with van der Waals surface area (Å²) in [4.78, 5) is 25.6. The van der Waals surface area contributed by atoms with Gasteiger partial charge in [0.15, 0.2) is 0 Å². The smallest absolute Gasteiger partial charge is 0.329 e. The van der Waals surface area contributed by atoms with Crippen molar-refractivity contribution in [3.05, 3.63) is 0 Å². The number of carboxylic acids is 1. The number of urea groups is 1. The average Bonchev–Trinajstić information content (AvgIpc) is 2.28. The molecule has 0 bridgehead atoms. The van der Waals surface area contributed by atoms with E-state index in [0.717, 1.165) is 6.54 Å². The van der Waals surface area contributed by atoms with Crippen LogP contribution in [-0.4, -0.2) is 79.4 Å². The molecule has 7 nitrogen and oxygen atoms in total. The van der Waals surface area contributed by atoms with Gasteiger partial charge in [-0.05, 0) is 14.0 Å². The Bertz CT molecular complexity index is 315. The van der Waals surface area contributed by atoms with Gasteiger partial charge in [-0.25, -0.2) is 9.59 Å². The first-order chi connectivity index (χ1) is 8.38. The summed E-state index contributed by atoms with van der Waals surface area (Å²) in [6.07, 6.45) is 0. The van der Waals surface area contributed by atoms with Gasteiger partial charge in [-0.3, -0.25) is 0 Å². The van der Waals surface area contributed by atoms with Gasteiger partial charge in [0.1, 0.15) is 12.2 Å². The van der Waals surface area contributed by atoms with Crippen LogP contribution in [0.4, 0.5) is 4.79 Å². The lowest BCUT2D eigenvalue weighted by molar-refractivity contribution is -0.160. The minimum Gasteiger partial charge on any atom is -0.480 e. The van der Waals surface area contributed by atoms with Crippen LogP contribution >= 0.6 is 0 Å². The summed E-state index contributed by atoms with van der Waals surface area (Å²) < 4.78 is 5.24. The third-order valence-electron chi connectivity index (χ3n) is 2.89. The van der Waals surface area contributed by atoms with Crippen molar-refractivity contribution in [1.29, 1.82) is 0 Å². The van der Waals surface area contributed by atoms with Gasteiger partial charge < -0.3 is 25.0 Å². The molecule has 7 heteroatoms. The van der Waals surface area contributed by atoms with Crippen molar-refractivity contribution in [3.63, 3.8) is 0 Å². The van der Waals surface area contributed by atoms with E-state index in [1.165, 1.54) is 0 Å². The molecular weight excluding hydrogens is 238 g/mol. The summed E-state index contributed by atoms with van der Waals surface area (Å²) in [5.74, 6) is -0.993. The fraction of sp³-hybridized carbons (Fsp3) is 0.818. The van der Waals surface area contributed by atoms with Crippen LogP contribution in [0.1, 0.15) is 6.92 Å². The molecule has 18 heavy (non-hydrogen) atoms. The van der Waals surface area contributed by atoms with Gasteiger partial charge in [-0.2, -0.15) is 0 Å². The fourth-order valence-corrected chi connectivity index (χ4v) is 1.84. The summed E-state index contributed by atoms with van der Waals surface area (Å²) in [6.45, 7) is 3.73. The number of carbonyl (C=O) groups is 2. The van der Waals surface area contributed by atoms with E-state index < -0.39 is 11.6 Å². The number of likely N-dealkylation sites (tertiary alicyclic amines) is 1. The first-order valence-corrected chi connectivity index (χ1v) is 5.88. The van der Waals surface area contributed by atoms with Crippen molar-refractivity contribution >= 4 is 12.0 Å². The maximum absolute atomic E-state index is 11.9. The number of ether oxygens (including phenoxy) is 1. The topological polar surface area (TPSA) is 82.1 Å². The third kappa shape index (κ3) is 3.85. The number of rotatable bonds is 6. The Balaban J connectivity index is 2.32. The van der Waals surface area contributed by atoms with E-state index in [-0.39, 0.29) is 12.6 Å². The van der Waals surface area contributed by atoms with E-state index in [0.29, 0.717) is 19.6 Å². The summed E-state index contributed by atoms with van der Waals surface area (Å²) in [5, 5.41) is 11.5. The second-order valence-corrected chi connectivity index (χ2v) is 4.80. The molecule has 1 aliphatic rings. The van der Waals surface area contributed by atoms with Gasteiger partial charge in [0.2, 0.25) is 0 Å². The molecule has 0 aromatic heterocycles. The van der Waals surface area contributed by atoms with Gasteiger partial charge in [0.25, 0.3) is 0 Å². The highest BCUT2D eigenvalue weighted by Crippen LogP contribution is 2.25. The molecule has 0 aromatic carbocycles. The van der Waals surface area contributed by atoms with E-state index in [1.807, 2.05) is 14.0 Å². The average molecular weight is 259 g/mol. The maximum atomic E-state index is 11.9. The van der Waals surface area contributed by atoms with E-state index in [4.69, 9.17) is 9.84 Å². The Labute approximate surface area is 107 Å². The number of carbonyl (C=O) groups excluding carboxylic acids is 1. The molecule has 0 aliphatic carbocycles. The fourth-order valence-electron chi connectivity index (χ4n) is 1.84. The molecule has 2 amide bonds. The van der Waals surface area contributed by atoms with E-state index >= 15 is 0 Å². The van der Waals surface area contributed by atoms with E-state index in [9.17, 15) is 9.59 Å². The Hall–Kier alpha value is -1.34. The van der Waals surface area contributed by atoms with Crippen molar-refractivity contribution < 1.29 is 19.4 Å². The molecule has 104 valence electrons. The SMILES string of the molecule is CNCCN(C)C(=O)N1CC(C)(OCC(=O)O)C1. The number of hydrogen-bond donors (Lipinski definition) is 2. The van der Waals surface area contributed by atoms with Crippen molar-refractivity contribution in [3.8, 4) is 0 Å². The number of hydrogen-bond acceptors (Lipinski definition) is 4. The highest BCUT2D eigenvalue weighted by molar-refractivity contribution is 5.75. The molecular formula is C11H21N3O4. The number of nitrogens with zero attached hydrogens (tertiary/aromatic N) is 2. The van der Waals surface area contributed by atoms with Crippen LogP contribution in [-0.2, 0) is 9.53 Å². The molecule has 1 saturated heterocycles. The normalized spacial score (nSPS) is 17.2. The second-order valence-electron chi connectivity index (χ2n) is 4.80. The second kappa shape index (κ2) is 6.01. The van der Waals surface area contributed by atoms with E-state index in [2.05, 4.69) is 5.32 Å². The summed E-state index contributed by atoms with van der Waals surface area (Å²) in [5.41, 5.74) is -0.530. The molecule has 0 atom stereocenters. The largest absolute Gasteiger partial charge is 0.480 e. The standard InChI is InChI=1S/C11H21N3O4/c1-11(18-6-9(15)16)7-14(8-11)10(17)13(3)5-4-12-2/h12H,4-8H2,1-3H3,(H,15,16). The summed E-state index contributed by atoms with van der Waals surface area (Å²) >= 11 is 0.